The summed E-state index contributed by atoms with van der Waals surface area (Å²) in [6, 6.07) is 36.1. The van der Waals surface area contributed by atoms with E-state index in [0.29, 0.717) is 0 Å². The van der Waals surface area contributed by atoms with E-state index in [2.05, 4.69) is 0 Å². The summed E-state index contributed by atoms with van der Waals surface area (Å²) in [6.07, 6.45) is -2.08. The maximum atomic E-state index is 14.7. The van der Waals surface area contributed by atoms with Crippen LogP contribution in [-0.4, -0.2) is 51.5 Å². The Bertz CT molecular complexity index is 1320. The van der Waals surface area contributed by atoms with E-state index in [9.17, 15) is 18.6 Å². The fourth-order valence-electron chi connectivity index (χ4n) is 5.35. The highest BCUT2D eigenvalue weighted by Gasteiger charge is 2.50. The first-order chi connectivity index (χ1) is 18.9. The van der Waals surface area contributed by atoms with Crippen LogP contribution in [0.1, 0.15) is 22.3 Å². The maximum Gasteiger partial charge on any atom is 0.283 e. The van der Waals surface area contributed by atoms with Crippen LogP contribution in [0.25, 0.3) is 0 Å². The van der Waals surface area contributed by atoms with Gasteiger partial charge in [-0.25, -0.2) is 0 Å². The molecule has 202 valence electrons. The molecule has 0 aliphatic carbocycles. The first kappa shape index (κ1) is 27.2. The van der Waals surface area contributed by atoms with Crippen LogP contribution in [0.5, 0.6) is 0 Å². The van der Waals surface area contributed by atoms with Crippen molar-refractivity contribution >= 4 is 10.2 Å². The molecule has 0 aromatic heterocycles. The molecule has 0 saturated carbocycles. The third-order valence-electron chi connectivity index (χ3n) is 7.41. The summed E-state index contributed by atoms with van der Waals surface area (Å²) in [7, 11) is -4.15. The molecule has 0 amide bonds. The van der Waals surface area contributed by atoms with E-state index in [1.807, 2.05) is 121 Å². The van der Waals surface area contributed by atoms with Gasteiger partial charge >= 0.3 is 0 Å². The molecule has 1 heterocycles. The number of rotatable bonds is 8. The van der Waals surface area contributed by atoms with E-state index in [1.54, 1.807) is 0 Å². The Balaban J connectivity index is 1.63. The van der Waals surface area contributed by atoms with Crippen LogP contribution in [0.3, 0.4) is 0 Å². The second kappa shape index (κ2) is 12.2. The van der Waals surface area contributed by atoms with Crippen LogP contribution in [0, 0.1) is 0 Å². The van der Waals surface area contributed by atoms with Gasteiger partial charge < -0.3 is 10.2 Å². The number of hydrogen-bond acceptors (Lipinski definition) is 4. The summed E-state index contributed by atoms with van der Waals surface area (Å²) in [5, 5.41) is 23.4. The molecule has 4 aromatic rings. The van der Waals surface area contributed by atoms with Crippen molar-refractivity contribution in [1.29, 1.82) is 0 Å². The number of hydrogen-bond donors (Lipinski definition) is 2. The number of nitrogens with zero attached hydrogens (tertiary/aromatic N) is 2. The van der Waals surface area contributed by atoms with Crippen molar-refractivity contribution in [1.82, 2.24) is 8.61 Å². The highest BCUT2D eigenvalue weighted by atomic mass is 32.2. The fourth-order valence-corrected chi connectivity index (χ4v) is 7.33. The highest BCUT2D eigenvalue weighted by Crippen LogP contribution is 2.33. The second-order valence-electron chi connectivity index (χ2n) is 10.1. The van der Waals surface area contributed by atoms with Crippen molar-refractivity contribution in [2.24, 2.45) is 0 Å². The summed E-state index contributed by atoms with van der Waals surface area (Å²) in [5.74, 6) is 0. The highest BCUT2D eigenvalue weighted by molar-refractivity contribution is 7.86. The largest absolute Gasteiger partial charge is 0.389 e. The zero-order chi connectivity index (χ0) is 27.2. The first-order valence-electron chi connectivity index (χ1n) is 13.2. The molecule has 7 heteroatoms. The van der Waals surface area contributed by atoms with Gasteiger partial charge in [0.25, 0.3) is 10.2 Å². The van der Waals surface area contributed by atoms with E-state index in [0.717, 1.165) is 22.3 Å². The molecule has 0 spiro atoms. The van der Waals surface area contributed by atoms with Gasteiger partial charge in [0.2, 0.25) is 0 Å². The Morgan fingerprint density at radius 2 is 0.769 bits per heavy atom. The number of aliphatic hydroxyl groups excluding tert-OH is 2. The molecule has 1 fully saturated rings. The van der Waals surface area contributed by atoms with E-state index in [1.165, 1.54) is 8.61 Å². The van der Waals surface area contributed by atoms with Crippen LogP contribution in [0.4, 0.5) is 0 Å². The molecule has 5 rings (SSSR count). The molecule has 1 saturated heterocycles. The SMILES string of the molecule is O=S1(=O)N(Cc2ccccc2)[C@@H](Cc2ccccc2)[C@H](O)[C@H](O)[C@H](Cc2ccccc2)N1Cc1ccccc1. The Labute approximate surface area is 231 Å². The third kappa shape index (κ3) is 6.30. The second-order valence-corrected chi connectivity index (χ2v) is 11.9. The van der Waals surface area contributed by atoms with Gasteiger partial charge in [0.15, 0.2) is 0 Å². The van der Waals surface area contributed by atoms with Crippen molar-refractivity contribution in [2.45, 2.75) is 50.2 Å². The monoisotopic (exact) mass is 542 g/mol. The third-order valence-corrected chi connectivity index (χ3v) is 9.39. The van der Waals surface area contributed by atoms with Crippen molar-refractivity contribution in [3.8, 4) is 0 Å². The zero-order valence-corrected chi connectivity index (χ0v) is 22.5. The Kier molecular flexibility index (Phi) is 8.55. The van der Waals surface area contributed by atoms with Crippen molar-refractivity contribution in [3.63, 3.8) is 0 Å². The van der Waals surface area contributed by atoms with Crippen LogP contribution < -0.4 is 0 Å². The molecule has 0 bridgehead atoms. The van der Waals surface area contributed by atoms with Crippen LogP contribution in [0.2, 0.25) is 0 Å². The smallest absolute Gasteiger partial charge is 0.283 e. The Morgan fingerprint density at radius 1 is 0.487 bits per heavy atom. The van der Waals surface area contributed by atoms with E-state index >= 15 is 0 Å². The summed E-state index contributed by atoms with van der Waals surface area (Å²) in [4.78, 5) is 0. The number of benzene rings is 4. The molecule has 4 aromatic carbocycles. The summed E-state index contributed by atoms with van der Waals surface area (Å²) < 4.78 is 32.1. The lowest BCUT2D eigenvalue weighted by Gasteiger charge is -2.34. The average Bonchev–Trinajstić information content (AvgIpc) is 3.02. The topological polar surface area (TPSA) is 81.1 Å². The lowest BCUT2D eigenvalue weighted by atomic mass is 9.91. The predicted molar refractivity (Wildman–Crippen MR) is 153 cm³/mol. The van der Waals surface area contributed by atoms with Gasteiger partial charge in [-0.05, 0) is 35.1 Å². The lowest BCUT2D eigenvalue weighted by molar-refractivity contribution is -0.0408. The van der Waals surface area contributed by atoms with Crippen LogP contribution in [-0.2, 0) is 36.1 Å². The minimum absolute atomic E-state index is 0.0772. The normalized spacial score (nSPS) is 23.7. The quantitative estimate of drug-likeness (QED) is 0.350. The number of aliphatic hydroxyl groups is 2. The van der Waals surface area contributed by atoms with Gasteiger partial charge in [0.1, 0.15) is 0 Å². The molecule has 1 aliphatic heterocycles. The van der Waals surface area contributed by atoms with Crippen LogP contribution in [0.15, 0.2) is 121 Å². The maximum absolute atomic E-state index is 14.7. The van der Waals surface area contributed by atoms with Crippen LogP contribution >= 0.6 is 0 Å². The Morgan fingerprint density at radius 3 is 1.08 bits per heavy atom. The van der Waals surface area contributed by atoms with Gasteiger partial charge in [0, 0.05) is 13.1 Å². The molecule has 0 radical (unpaired) electrons. The van der Waals surface area contributed by atoms with Crippen molar-refractivity contribution in [2.75, 3.05) is 0 Å². The fraction of sp³-hybridized carbons (Fsp3) is 0.250. The first-order valence-corrected chi connectivity index (χ1v) is 14.6. The van der Waals surface area contributed by atoms with Gasteiger partial charge in [-0.1, -0.05) is 121 Å². The molecule has 39 heavy (non-hydrogen) atoms. The molecule has 0 unspecified atom stereocenters. The van der Waals surface area contributed by atoms with E-state index < -0.39 is 34.5 Å². The lowest BCUT2D eigenvalue weighted by Crippen LogP contribution is -2.50. The molecule has 1 aliphatic rings. The molecule has 2 N–H and O–H groups in total. The average molecular weight is 543 g/mol. The molecule has 6 nitrogen and oxygen atoms in total. The molecule has 4 atom stereocenters. The minimum atomic E-state index is -4.15. The van der Waals surface area contributed by atoms with Gasteiger partial charge in [-0.3, -0.25) is 0 Å². The molecular weight excluding hydrogens is 508 g/mol. The summed E-state index contributed by atoms with van der Waals surface area (Å²) >= 11 is 0. The van der Waals surface area contributed by atoms with Gasteiger partial charge in [0.05, 0.1) is 24.3 Å². The van der Waals surface area contributed by atoms with Gasteiger partial charge in [-0.2, -0.15) is 17.0 Å². The summed E-state index contributed by atoms with van der Waals surface area (Å²) in [5.41, 5.74) is 3.39. The van der Waals surface area contributed by atoms with Crippen molar-refractivity contribution in [3.05, 3.63) is 144 Å². The summed E-state index contributed by atoms with van der Waals surface area (Å²) in [6.45, 7) is 0.154. The minimum Gasteiger partial charge on any atom is -0.389 e. The van der Waals surface area contributed by atoms with Gasteiger partial charge in [-0.15, -0.1) is 0 Å². The van der Waals surface area contributed by atoms with E-state index in [-0.39, 0.29) is 25.9 Å². The zero-order valence-electron chi connectivity index (χ0n) is 21.7. The molecular formula is C32H34N2O4S. The van der Waals surface area contributed by atoms with E-state index in [4.69, 9.17) is 0 Å². The standard InChI is InChI=1S/C32H34N2O4S/c35-31-29(21-25-13-5-1-6-14-25)33(23-27-17-9-3-10-18-27)39(37,38)34(24-28-19-11-4-12-20-28)30(32(31)36)22-26-15-7-2-8-16-26/h1-20,29-32,35-36H,21-24H2/t29-,30-,31-,32+/m0/s1. The van der Waals surface area contributed by atoms with Crippen molar-refractivity contribution < 1.29 is 18.6 Å². The Hall–Kier alpha value is -3.33. The predicted octanol–water partition coefficient (Wildman–Crippen LogP) is 4.19.